The predicted octanol–water partition coefficient (Wildman–Crippen LogP) is 6.11. The maximum Gasteiger partial charge on any atom is 0.310 e. The Balaban J connectivity index is 1.27. The van der Waals surface area contributed by atoms with Crippen LogP contribution in [0.2, 0.25) is 0 Å². The number of ether oxygens (including phenoxy) is 1. The molecule has 7 heteroatoms. The summed E-state index contributed by atoms with van der Waals surface area (Å²) in [5.41, 5.74) is 1.70. The SMILES string of the molecule is O=C(OCc1ncc(-c2ccc(F)cc2)o1)[C@H]1CCCC[C@@H]1c1nc2ccccc2s1. The van der Waals surface area contributed by atoms with Gasteiger partial charge in [-0.05, 0) is 49.2 Å². The van der Waals surface area contributed by atoms with Crippen LogP contribution in [-0.2, 0) is 16.1 Å². The van der Waals surface area contributed by atoms with Gasteiger partial charge in [0.25, 0.3) is 0 Å². The topological polar surface area (TPSA) is 65.2 Å². The van der Waals surface area contributed by atoms with Gasteiger partial charge in [-0.3, -0.25) is 4.79 Å². The van der Waals surface area contributed by atoms with E-state index in [-0.39, 0.29) is 30.2 Å². The lowest BCUT2D eigenvalue weighted by Crippen LogP contribution is -2.27. The molecule has 2 aromatic carbocycles. The van der Waals surface area contributed by atoms with Gasteiger partial charge in [0.15, 0.2) is 12.4 Å². The zero-order valence-corrected chi connectivity index (χ0v) is 17.6. The summed E-state index contributed by atoms with van der Waals surface area (Å²) in [7, 11) is 0. The minimum Gasteiger partial charge on any atom is -0.455 e. The molecule has 1 saturated carbocycles. The molecule has 2 aromatic heterocycles. The van der Waals surface area contributed by atoms with Crippen LogP contribution in [0.5, 0.6) is 0 Å². The second-order valence-electron chi connectivity index (χ2n) is 7.75. The lowest BCUT2D eigenvalue weighted by atomic mass is 9.79. The number of rotatable bonds is 5. The van der Waals surface area contributed by atoms with Crippen LogP contribution >= 0.6 is 11.3 Å². The van der Waals surface area contributed by atoms with Crippen molar-refractivity contribution < 1.29 is 18.3 Å². The fraction of sp³-hybridized carbons (Fsp3) is 0.292. The third kappa shape index (κ3) is 4.23. The fourth-order valence-corrected chi connectivity index (χ4v) is 5.29. The molecular weight excluding hydrogens is 415 g/mol. The van der Waals surface area contributed by atoms with E-state index in [0.29, 0.717) is 11.7 Å². The number of hydrogen-bond acceptors (Lipinski definition) is 6. The normalized spacial score (nSPS) is 18.9. The van der Waals surface area contributed by atoms with Crippen LogP contribution in [0, 0.1) is 11.7 Å². The maximum atomic E-state index is 13.1. The maximum absolute atomic E-state index is 13.1. The van der Waals surface area contributed by atoms with Gasteiger partial charge in [-0.25, -0.2) is 14.4 Å². The quantitative estimate of drug-likeness (QED) is 0.353. The molecule has 0 spiro atoms. The number of para-hydroxylation sites is 1. The molecule has 158 valence electrons. The number of carbonyl (C=O) groups excluding carboxylic acids is 1. The van der Waals surface area contributed by atoms with E-state index in [4.69, 9.17) is 14.1 Å². The van der Waals surface area contributed by atoms with E-state index in [1.807, 2.05) is 18.2 Å². The van der Waals surface area contributed by atoms with E-state index in [9.17, 15) is 9.18 Å². The average molecular weight is 437 g/mol. The Hall–Kier alpha value is -3.06. The molecule has 5 rings (SSSR count). The minimum atomic E-state index is -0.312. The second kappa shape index (κ2) is 8.59. The van der Waals surface area contributed by atoms with Gasteiger partial charge in [0.2, 0.25) is 5.89 Å². The molecule has 0 radical (unpaired) electrons. The minimum absolute atomic E-state index is 0.0247. The van der Waals surface area contributed by atoms with Crippen LogP contribution in [-0.4, -0.2) is 15.9 Å². The van der Waals surface area contributed by atoms with E-state index < -0.39 is 0 Å². The van der Waals surface area contributed by atoms with Crippen molar-refractivity contribution in [3.63, 3.8) is 0 Å². The highest BCUT2D eigenvalue weighted by Crippen LogP contribution is 2.41. The molecule has 31 heavy (non-hydrogen) atoms. The molecule has 2 atom stereocenters. The number of aromatic nitrogens is 2. The first-order valence-corrected chi connectivity index (χ1v) is 11.2. The van der Waals surface area contributed by atoms with Crippen LogP contribution < -0.4 is 0 Å². The van der Waals surface area contributed by atoms with E-state index >= 15 is 0 Å². The lowest BCUT2D eigenvalue weighted by Gasteiger charge is -2.28. The summed E-state index contributed by atoms with van der Waals surface area (Å²) in [5.74, 6) is 0.160. The molecule has 1 aliphatic carbocycles. The van der Waals surface area contributed by atoms with Crippen molar-refractivity contribution in [2.45, 2.75) is 38.2 Å². The molecule has 2 heterocycles. The van der Waals surface area contributed by atoms with Crippen molar-refractivity contribution in [3.05, 3.63) is 71.4 Å². The number of fused-ring (bicyclic) bond motifs is 1. The molecular formula is C24H21FN2O3S. The Kier molecular flexibility index (Phi) is 5.51. The van der Waals surface area contributed by atoms with Crippen LogP contribution in [0.25, 0.3) is 21.5 Å². The molecule has 0 aliphatic heterocycles. The third-order valence-corrected chi connectivity index (χ3v) is 6.88. The monoisotopic (exact) mass is 436 g/mol. The first-order chi connectivity index (χ1) is 15.2. The Labute approximate surface area is 182 Å². The van der Waals surface area contributed by atoms with Gasteiger partial charge in [0, 0.05) is 11.5 Å². The summed E-state index contributed by atoms with van der Waals surface area (Å²) < 4.78 is 25.5. The highest BCUT2D eigenvalue weighted by molar-refractivity contribution is 7.18. The van der Waals surface area contributed by atoms with Gasteiger partial charge < -0.3 is 9.15 Å². The number of nitrogens with zero attached hydrogens (tertiary/aromatic N) is 2. The van der Waals surface area contributed by atoms with Crippen molar-refractivity contribution in [2.75, 3.05) is 0 Å². The smallest absolute Gasteiger partial charge is 0.310 e. The summed E-state index contributed by atoms with van der Waals surface area (Å²) in [5, 5.41) is 1.01. The zero-order valence-electron chi connectivity index (χ0n) is 16.8. The molecule has 1 aliphatic rings. The predicted molar refractivity (Wildman–Crippen MR) is 116 cm³/mol. The summed E-state index contributed by atoms with van der Waals surface area (Å²) in [6.07, 6.45) is 5.39. The summed E-state index contributed by atoms with van der Waals surface area (Å²) >= 11 is 1.66. The number of carbonyl (C=O) groups is 1. The number of benzene rings is 2. The van der Waals surface area contributed by atoms with Gasteiger partial charge in [0.1, 0.15) is 5.82 Å². The third-order valence-electron chi connectivity index (χ3n) is 5.72. The number of hydrogen-bond donors (Lipinski definition) is 0. The van der Waals surface area contributed by atoms with Gasteiger partial charge in [-0.15, -0.1) is 11.3 Å². The van der Waals surface area contributed by atoms with Crippen molar-refractivity contribution in [1.82, 2.24) is 9.97 Å². The lowest BCUT2D eigenvalue weighted by molar-refractivity contribution is -0.152. The largest absolute Gasteiger partial charge is 0.455 e. The molecule has 0 bridgehead atoms. The van der Waals surface area contributed by atoms with E-state index in [1.165, 1.54) is 12.1 Å². The molecule has 4 aromatic rings. The van der Waals surface area contributed by atoms with Crippen molar-refractivity contribution in [3.8, 4) is 11.3 Å². The molecule has 0 unspecified atom stereocenters. The Bertz CT molecular complexity index is 1170. The molecule has 0 N–H and O–H groups in total. The Morgan fingerprint density at radius 3 is 2.77 bits per heavy atom. The van der Waals surface area contributed by atoms with Gasteiger partial charge >= 0.3 is 5.97 Å². The van der Waals surface area contributed by atoms with Crippen LogP contribution in [0.4, 0.5) is 4.39 Å². The number of thiazole rings is 1. The van der Waals surface area contributed by atoms with Gasteiger partial charge in [0.05, 0.1) is 27.3 Å². The van der Waals surface area contributed by atoms with Crippen molar-refractivity contribution >= 4 is 27.5 Å². The second-order valence-corrected chi connectivity index (χ2v) is 8.81. The van der Waals surface area contributed by atoms with Gasteiger partial charge in [-0.1, -0.05) is 25.0 Å². The van der Waals surface area contributed by atoms with Gasteiger partial charge in [-0.2, -0.15) is 0 Å². The summed E-state index contributed by atoms with van der Waals surface area (Å²) in [6.45, 7) is -0.0247. The van der Waals surface area contributed by atoms with E-state index in [0.717, 1.165) is 46.5 Å². The highest BCUT2D eigenvalue weighted by Gasteiger charge is 2.35. The number of oxazole rings is 1. The standard InChI is InChI=1S/C24H21FN2O3S/c25-16-11-9-15(10-12-16)20-13-26-22(30-20)14-29-24(28)18-6-2-1-5-17(18)23-27-19-7-3-4-8-21(19)31-23/h3-4,7-13,17-18H,1-2,5-6,14H2/t17-,18-/m0/s1. The fourth-order valence-electron chi connectivity index (χ4n) is 4.12. The average Bonchev–Trinajstić information content (AvgIpc) is 3.45. The number of halogens is 1. The first-order valence-electron chi connectivity index (χ1n) is 10.4. The van der Waals surface area contributed by atoms with E-state index in [1.54, 1.807) is 29.7 Å². The summed E-state index contributed by atoms with van der Waals surface area (Å²) in [6, 6.07) is 14.0. The number of esters is 1. The molecule has 0 saturated heterocycles. The molecule has 1 fully saturated rings. The van der Waals surface area contributed by atoms with Crippen molar-refractivity contribution in [1.29, 1.82) is 0 Å². The van der Waals surface area contributed by atoms with Crippen LogP contribution in [0.3, 0.4) is 0 Å². The first kappa shape index (κ1) is 19.9. The zero-order chi connectivity index (χ0) is 21.2. The molecule has 5 nitrogen and oxygen atoms in total. The molecule has 0 amide bonds. The van der Waals surface area contributed by atoms with E-state index in [2.05, 4.69) is 11.1 Å². The highest BCUT2D eigenvalue weighted by atomic mass is 32.1. The Morgan fingerprint density at radius 2 is 1.94 bits per heavy atom. The summed E-state index contributed by atoms with van der Waals surface area (Å²) in [4.78, 5) is 21.9. The van der Waals surface area contributed by atoms with Crippen LogP contribution in [0.15, 0.2) is 59.1 Å². The Morgan fingerprint density at radius 1 is 1.13 bits per heavy atom. The van der Waals surface area contributed by atoms with Crippen molar-refractivity contribution in [2.24, 2.45) is 5.92 Å². The van der Waals surface area contributed by atoms with Crippen LogP contribution in [0.1, 0.15) is 42.5 Å².